The molecule has 0 aliphatic heterocycles. The maximum absolute atomic E-state index is 12.7. The second kappa shape index (κ2) is 8.91. The number of rotatable bonds is 6. The maximum atomic E-state index is 12.7. The van der Waals surface area contributed by atoms with Crippen LogP contribution in [0, 0.1) is 23.7 Å². The van der Waals surface area contributed by atoms with E-state index in [1.165, 1.54) is 7.11 Å². The van der Waals surface area contributed by atoms with Gasteiger partial charge < -0.3 is 13.9 Å². The first-order valence-corrected chi connectivity index (χ1v) is 13.0. The molecule has 0 heterocycles. The summed E-state index contributed by atoms with van der Waals surface area (Å²) in [4.78, 5) is 25.0. The van der Waals surface area contributed by atoms with E-state index in [1.54, 1.807) is 0 Å². The largest absolute Gasteiger partial charge is 0.469 e. The van der Waals surface area contributed by atoms with Gasteiger partial charge in [0, 0.05) is 0 Å². The van der Waals surface area contributed by atoms with E-state index in [2.05, 4.69) is 46.0 Å². The Bertz CT molecular complexity index is 563. The van der Waals surface area contributed by atoms with Gasteiger partial charge in [-0.2, -0.15) is 0 Å². The van der Waals surface area contributed by atoms with Crippen LogP contribution in [0.25, 0.3) is 0 Å². The lowest BCUT2D eigenvalue weighted by Gasteiger charge is -2.49. The molecule has 0 aromatic rings. The van der Waals surface area contributed by atoms with Crippen molar-refractivity contribution in [3.8, 4) is 0 Å². The molecule has 154 valence electrons. The SMILES string of the molecule is COC(=O)[C@H]1[C@@H]2CC/C=C/CC[C@H]2[C@H]1C(=O)OCCO[Si](C)(C)C(C)(C)C. The van der Waals surface area contributed by atoms with Crippen LogP contribution in [0.15, 0.2) is 12.2 Å². The molecule has 0 saturated heterocycles. The first-order chi connectivity index (χ1) is 12.6. The van der Waals surface area contributed by atoms with Gasteiger partial charge in [0.1, 0.15) is 6.61 Å². The number of methoxy groups -OCH3 is 1. The van der Waals surface area contributed by atoms with E-state index in [0.29, 0.717) is 6.61 Å². The van der Waals surface area contributed by atoms with Crippen molar-refractivity contribution in [1.82, 2.24) is 0 Å². The van der Waals surface area contributed by atoms with E-state index in [4.69, 9.17) is 13.9 Å². The third kappa shape index (κ3) is 5.02. The van der Waals surface area contributed by atoms with E-state index in [0.717, 1.165) is 25.7 Å². The van der Waals surface area contributed by atoms with Gasteiger partial charge in [0.05, 0.1) is 25.6 Å². The lowest BCUT2D eigenvalue weighted by molar-refractivity contribution is -0.182. The summed E-state index contributed by atoms with van der Waals surface area (Å²) in [6.45, 7) is 11.6. The quantitative estimate of drug-likeness (QED) is 0.289. The van der Waals surface area contributed by atoms with E-state index < -0.39 is 8.32 Å². The minimum atomic E-state index is -1.85. The standard InChI is InChI=1S/C21H36O5Si/c1-21(2,3)27(5,6)26-14-13-25-20(23)18-16-12-10-8-7-9-11-15(16)17(18)19(22)24-4/h7-8,15-18H,9-14H2,1-6H3/b8-7+/t15-,16-,17+,18-/m1/s1. The topological polar surface area (TPSA) is 61.8 Å². The Kier molecular flexibility index (Phi) is 7.31. The molecule has 1 saturated carbocycles. The predicted octanol–water partition coefficient (Wildman–Crippen LogP) is 4.33. The van der Waals surface area contributed by atoms with Crippen molar-refractivity contribution < 1.29 is 23.5 Å². The zero-order chi connectivity index (χ0) is 20.2. The fourth-order valence-corrected chi connectivity index (χ4v) is 5.08. The van der Waals surface area contributed by atoms with E-state index >= 15 is 0 Å². The highest BCUT2D eigenvalue weighted by atomic mass is 28.4. The molecule has 0 N–H and O–H groups in total. The van der Waals surface area contributed by atoms with Gasteiger partial charge in [0.15, 0.2) is 8.32 Å². The van der Waals surface area contributed by atoms with Gasteiger partial charge in [-0.3, -0.25) is 9.59 Å². The number of allylic oxidation sites excluding steroid dienone is 2. The molecular formula is C21H36O5Si. The number of ether oxygens (including phenoxy) is 2. The fraction of sp³-hybridized carbons (Fsp3) is 0.810. The Morgan fingerprint density at radius 2 is 1.48 bits per heavy atom. The molecule has 2 rings (SSSR count). The highest BCUT2D eigenvalue weighted by Crippen LogP contribution is 2.52. The molecule has 0 amide bonds. The van der Waals surface area contributed by atoms with Crippen molar-refractivity contribution in [2.45, 2.75) is 64.6 Å². The van der Waals surface area contributed by atoms with Gasteiger partial charge in [-0.25, -0.2) is 0 Å². The summed E-state index contributed by atoms with van der Waals surface area (Å²) in [5, 5.41) is 0.126. The van der Waals surface area contributed by atoms with Crippen molar-refractivity contribution in [2.24, 2.45) is 23.7 Å². The highest BCUT2D eigenvalue weighted by molar-refractivity contribution is 6.74. The first-order valence-electron chi connectivity index (χ1n) is 10.1. The Labute approximate surface area is 165 Å². The third-order valence-electron chi connectivity index (χ3n) is 6.70. The molecule has 0 aromatic carbocycles. The van der Waals surface area contributed by atoms with Gasteiger partial charge in [0.2, 0.25) is 0 Å². The van der Waals surface area contributed by atoms with E-state index in [-0.39, 0.29) is 47.3 Å². The Morgan fingerprint density at radius 3 is 1.96 bits per heavy atom. The van der Waals surface area contributed by atoms with Crippen LogP contribution in [0.5, 0.6) is 0 Å². The second-order valence-corrected chi connectivity index (χ2v) is 14.1. The van der Waals surface area contributed by atoms with Crippen LogP contribution in [0.1, 0.15) is 46.5 Å². The van der Waals surface area contributed by atoms with Gasteiger partial charge in [0.25, 0.3) is 0 Å². The zero-order valence-corrected chi connectivity index (χ0v) is 18.7. The zero-order valence-electron chi connectivity index (χ0n) is 17.7. The molecule has 0 spiro atoms. The smallest absolute Gasteiger partial charge is 0.310 e. The summed E-state index contributed by atoms with van der Waals surface area (Å²) in [7, 11) is -0.452. The van der Waals surface area contributed by atoms with Crippen LogP contribution >= 0.6 is 0 Å². The number of carbonyl (C=O) groups excluding carboxylic acids is 2. The highest BCUT2D eigenvalue weighted by Gasteiger charge is 2.57. The Balaban J connectivity index is 1.93. The summed E-state index contributed by atoms with van der Waals surface area (Å²) in [6, 6.07) is 0. The van der Waals surface area contributed by atoms with Crippen LogP contribution in [-0.2, 0) is 23.5 Å². The fourth-order valence-electron chi connectivity index (χ4n) is 4.05. The normalized spacial score (nSPS) is 29.6. The first kappa shape index (κ1) is 22.1. The molecule has 5 nitrogen and oxygen atoms in total. The maximum Gasteiger partial charge on any atom is 0.310 e. The number of carbonyl (C=O) groups is 2. The molecule has 6 heteroatoms. The van der Waals surface area contributed by atoms with E-state index in [1.807, 2.05) is 0 Å². The Hall–Kier alpha value is -1.14. The number of fused-ring (bicyclic) bond motifs is 1. The molecule has 27 heavy (non-hydrogen) atoms. The average Bonchev–Trinajstić information content (AvgIpc) is 2.55. The van der Waals surface area contributed by atoms with Crippen molar-refractivity contribution in [2.75, 3.05) is 20.3 Å². The average molecular weight is 397 g/mol. The molecule has 0 bridgehead atoms. The molecule has 0 radical (unpaired) electrons. The minimum absolute atomic E-state index is 0.126. The molecule has 1 fully saturated rings. The minimum Gasteiger partial charge on any atom is -0.469 e. The number of hydrogen-bond acceptors (Lipinski definition) is 5. The van der Waals surface area contributed by atoms with Crippen molar-refractivity contribution in [3.05, 3.63) is 12.2 Å². The van der Waals surface area contributed by atoms with Crippen LogP contribution in [0.2, 0.25) is 18.1 Å². The molecular weight excluding hydrogens is 360 g/mol. The van der Waals surface area contributed by atoms with Crippen molar-refractivity contribution >= 4 is 20.3 Å². The molecule has 0 unspecified atom stereocenters. The van der Waals surface area contributed by atoms with Gasteiger partial charge in [-0.05, 0) is 55.7 Å². The second-order valence-electron chi connectivity index (χ2n) is 9.30. The van der Waals surface area contributed by atoms with Crippen LogP contribution in [-0.4, -0.2) is 40.6 Å². The number of hydrogen-bond donors (Lipinski definition) is 0. The monoisotopic (exact) mass is 396 g/mol. The van der Waals surface area contributed by atoms with E-state index in [9.17, 15) is 9.59 Å². The predicted molar refractivity (Wildman–Crippen MR) is 108 cm³/mol. The molecule has 0 aromatic heterocycles. The number of esters is 2. The molecule has 2 aliphatic rings. The van der Waals surface area contributed by atoms with Crippen molar-refractivity contribution in [3.63, 3.8) is 0 Å². The van der Waals surface area contributed by atoms with Gasteiger partial charge in [-0.15, -0.1) is 0 Å². The molecule has 2 aliphatic carbocycles. The molecule has 4 atom stereocenters. The summed E-state index contributed by atoms with van der Waals surface area (Å²) in [6.07, 6.45) is 8.11. The van der Waals surface area contributed by atoms with Crippen molar-refractivity contribution in [1.29, 1.82) is 0 Å². The van der Waals surface area contributed by atoms with Gasteiger partial charge in [-0.1, -0.05) is 32.9 Å². The van der Waals surface area contributed by atoms with Gasteiger partial charge >= 0.3 is 11.9 Å². The summed E-state index contributed by atoms with van der Waals surface area (Å²) >= 11 is 0. The Morgan fingerprint density at radius 1 is 0.963 bits per heavy atom. The lowest BCUT2D eigenvalue weighted by Crippen LogP contribution is -2.55. The lowest BCUT2D eigenvalue weighted by atomic mass is 9.53. The van der Waals surface area contributed by atoms with Crippen LogP contribution in [0.3, 0.4) is 0 Å². The summed E-state index contributed by atoms with van der Waals surface area (Å²) < 4.78 is 16.6. The summed E-state index contributed by atoms with van der Waals surface area (Å²) in [5.74, 6) is -0.839. The summed E-state index contributed by atoms with van der Waals surface area (Å²) in [5.41, 5.74) is 0. The third-order valence-corrected chi connectivity index (χ3v) is 11.2. The van der Waals surface area contributed by atoms with Crippen LogP contribution in [0.4, 0.5) is 0 Å². The van der Waals surface area contributed by atoms with Crippen LogP contribution < -0.4 is 0 Å².